The van der Waals surface area contributed by atoms with E-state index in [4.69, 9.17) is 10.5 Å². The average molecular weight is 884 g/mol. The van der Waals surface area contributed by atoms with Gasteiger partial charge in [-0.1, -0.05) is 30.2 Å². The van der Waals surface area contributed by atoms with E-state index >= 15 is 0 Å². The summed E-state index contributed by atoms with van der Waals surface area (Å²) in [6.07, 6.45) is 1.54. The highest BCUT2D eigenvalue weighted by Crippen LogP contribution is 2.39. The van der Waals surface area contributed by atoms with Gasteiger partial charge in [0.1, 0.15) is 35.2 Å². The molecule has 5 aromatic rings. The summed E-state index contributed by atoms with van der Waals surface area (Å²) >= 11 is 0. The summed E-state index contributed by atoms with van der Waals surface area (Å²) in [6.45, 7) is 1.61. The van der Waals surface area contributed by atoms with E-state index in [2.05, 4.69) is 37.9 Å². The van der Waals surface area contributed by atoms with Crippen molar-refractivity contribution in [2.24, 2.45) is 7.05 Å². The maximum atomic E-state index is 13.6. The number of aromatic nitrogens is 3. The van der Waals surface area contributed by atoms with Crippen LogP contribution in [0.5, 0.6) is 5.75 Å². The Balaban J connectivity index is 0.969. The first kappa shape index (κ1) is 42.2. The van der Waals surface area contributed by atoms with Crippen molar-refractivity contribution in [1.29, 1.82) is 0 Å². The number of ether oxygens (including phenoxy) is 1. The highest BCUT2D eigenvalue weighted by Gasteiger charge is 2.46. The number of nitrogens with zero attached hydrogens (tertiary/aromatic N) is 4. The Morgan fingerprint density at radius 3 is 2.48 bits per heavy atom. The molecule has 8 rings (SSSR count). The summed E-state index contributed by atoms with van der Waals surface area (Å²) in [7, 11) is -3.50. The second-order valence-electron chi connectivity index (χ2n) is 15.1. The Morgan fingerprint density at radius 2 is 1.76 bits per heavy atom. The number of sulfonamides is 1. The van der Waals surface area contributed by atoms with Crippen LogP contribution in [0.1, 0.15) is 70.6 Å². The smallest absolute Gasteiger partial charge is 0.355 e. The second-order valence-corrected chi connectivity index (χ2v) is 16.7. The van der Waals surface area contributed by atoms with E-state index in [0.29, 0.717) is 40.6 Å². The number of benzene rings is 3. The van der Waals surface area contributed by atoms with Gasteiger partial charge < -0.3 is 21.1 Å². The van der Waals surface area contributed by atoms with Gasteiger partial charge in [0, 0.05) is 48.9 Å². The topological polar surface area (TPSA) is 237 Å². The molecule has 6 N–H and O–H groups in total. The Bertz CT molecular complexity index is 2930. The van der Waals surface area contributed by atoms with Crippen molar-refractivity contribution in [2.75, 3.05) is 15.8 Å². The van der Waals surface area contributed by atoms with Crippen LogP contribution in [0.4, 0.5) is 30.4 Å². The number of piperidine rings is 1. The summed E-state index contributed by atoms with van der Waals surface area (Å²) in [5.74, 6) is -1.96. The number of fused-ring (bicyclic) bond motifs is 2. The molecule has 3 aromatic carbocycles. The molecule has 3 aliphatic rings. The largest absolute Gasteiger partial charge is 0.484 e. The number of amides is 5. The molecule has 5 amide bonds. The van der Waals surface area contributed by atoms with Gasteiger partial charge in [-0.25, -0.2) is 17.8 Å². The molecular weight excluding hydrogens is 848 g/mol. The van der Waals surface area contributed by atoms with Crippen molar-refractivity contribution in [3.05, 3.63) is 94.9 Å². The number of hydrogen-bond acceptors (Lipinski definition) is 12. The molecule has 2 unspecified atom stereocenters. The molecule has 21 heteroatoms. The van der Waals surface area contributed by atoms with Crippen LogP contribution in [0.15, 0.2) is 66.9 Å². The van der Waals surface area contributed by atoms with Crippen LogP contribution < -0.4 is 31.1 Å². The number of nitrogens with two attached hydrogens (primary N) is 1. The molecule has 17 nitrogen and oxygen atoms in total. The van der Waals surface area contributed by atoms with Crippen molar-refractivity contribution < 1.29 is 50.3 Å². The molecular formula is C42H36F3N9O8S. The third kappa shape index (κ3) is 8.19. The molecule has 324 valence electrons. The first-order valence-corrected chi connectivity index (χ1v) is 20.9. The number of aryl methyl sites for hydroxylation is 1. The number of nitrogens with one attached hydrogen (secondary N) is 4. The zero-order valence-corrected chi connectivity index (χ0v) is 34.1. The van der Waals surface area contributed by atoms with Crippen molar-refractivity contribution in [1.82, 2.24) is 30.3 Å². The number of halogens is 3. The Morgan fingerprint density at radius 1 is 1.02 bits per heavy atom. The lowest BCUT2D eigenvalue weighted by Crippen LogP contribution is -2.54. The van der Waals surface area contributed by atoms with Crippen molar-refractivity contribution >= 4 is 67.7 Å². The van der Waals surface area contributed by atoms with Gasteiger partial charge in [-0.3, -0.25) is 43.6 Å². The van der Waals surface area contributed by atoms with Crippen molar-refractivity contribution in [3.63, 3.8) is 0 Å². The number of anilines is 3. The summed E-state index contributed by atoms with van der Waals surface area (Å²) in [4.78, 5) is 69.0. The minimum atomic E-state index is -5.10. The van der Waals surface area contributed by atoms with Crippen LogP contribution in [0.3, 0.4) is 0 Å². The van der Waals surface area contributed by atoms with Gasteiger partial charge >= 0.3 is 5.76 Å². The number of carbonyl (C=O) groups excluding carboxylic acids is 5. The zero-order valence-electron chi connectivity index (χ0n) is 33.2. The molecule has 1 saturated heterocycles. The molecule has 4 heterocycles. The summed E-state index contributed by atoms with van der Waals surface area (Å²) in [5.41, 5.74) is 8.50. The van der Waals surface area contributed by atoms with Gasteiger partial charge in [-0.15, -0.1) is 0 Å². The number of hydrogen-bond donors (Lipinski definition) is 5. The standard InChI is InChI=1S/C42H36F3N9O8S/c1-20(21-6-10-24(43)11-7-21)62-31-16-22(8-12-28(31)52-63(60,61)42(44)45)36-35-37(53(2)51-36)23(19-47-38(35)46)9-14-32(55)49-26-17-25(18-26)48-29-5-3-4-27-34(29)41(59)54(40(27)58)30-13-15-33(56)50-39(30)57/h3-8,10-12,16,19-20,25-26,30,42,48,52H,13,15,17-18H2,1-2H3,(H2,46,47)(H,49,55)(H,50,56,57)/t20?,25-,26-,30?. The summed E-state index contributed by atoms with van der Waals surface area (Å²) in [6, 6.07) is 12.6. The van der Waals surface area contributed by atoms with E-state index in [-0.39, 0.29) is 64.6 Å². The first-order chi connectivity index (χ1) is 30.0. The lowest BCUT2D eigenvalue weighted by atomic mass is 9.86. The molecule has 1 saturated carbocycles. The Kier molecular flexibility index (Phi) is 11.0. The number of imide groups is 2. The van der Waals surface area contributed by atoms with E-state index in [9.17, 15) is 45.6 Å². The van der Waals surface area contributed by atoms with Crippen LogP contribution in [-0.2, 0) is 31.5 Å². The van der Waals surface area contributed by atoms with Gasteiger partial charge in [0.25, 0.3) is 27.7 Å². The fraction of sp³-hybridized carbons (Fsp3) is 0.262. The minimum absolute atomic E-state index is 0.00111. The summed E-state index contributed by atoms with van der Waals surface area (Å²) < 4.78 is 74.1. The number of alkyl halides is 2. The number of rotatable bonds is 11. The third-order valence-electron chi connectivity index (χ3n) is 10.9. The van der Waals surface area contributed by atoms with E-state index in [1.165, 1.54) is 59.4 Å². The fourth-order valence-corrected chi connectivity index (χ4v) is 8.29. The molecule has 63 heavy (non-hydrogen) atoms. The Labute approximate surface area is 356 Å². The zero-order chi connectivity index (χ0) is 44.9. The lowest BCUT2D eigenvalue weighted by molar-refractivity contribution is -0.136. The van der Waals surface area contributed by atoms with Gasteiger partial charge in [-0.05, 0) is 68.1 Å². The predicted molar refractivity (Wildman–Crippen MR) is 221 cm³/mol. The van der Waals surface area contributed by atoms with Gasteiger partial charge in [0.05, 0.1) is 33.3 Å². The third-order valence-corrected chi connectivity index (χ3v) is 11.9. The summed E-state index contributed by atoms with van der Waals surface area (Å²) in [5, 5.41) is 13.2. The quantitative estimate of drug-likeness (QED) is 0.0937. The molecule has 2 aromatic heterocycles. The van der Waals surface area contributed by atoms with Crippen LogP contribution in [0, 0.1) is 17.7 Å². The van der Waals surface area contributed by atoms with Crippen molar-refractivity contribution in [2.45, 2.75) is 62.6 Å². The average Bonchev–Trinajstić information content (AvgIpc) is 3.71. The Hall–Kier alpha value is -7.47. The first-order valence-electron chi connectivity index (χ1n) is 19.4. The van der Waals surface area contributed by atoms with Gasteiger partial charge in [0.2, 0.25) is 11.8 Å². The minimum Gasteiger partial charge on any atom is -0.484 e. The molecule has 0 spiro atoms. The number of carbonyl (C=O) groups is 5. The molecule has 2 atom stereocenters. The molecule has 2 fully saturated rings. The maximum absolute atomic E-state index is 13.6. The lowest BCUT2D eigenvalue weighted by Gasteiger charge is -2.36. The molecule has 0 bridgehead atoms. The molecule has 1 aliphatic carbocycles. The highest BCUT2D eigenvalue weighted by atomic mass is 32.2. The second kappa shape index (κ2) is 16.4. The molecule has 2 aliphatic heterocycles. The SMILES string of the molecule is CC(Oc1cc(-c2nn(C)c3c(C#CC(=O)N[C@H]4C[C@H](Nc5cccc6c5C(=O)N(C5CCC(=O)NC5=O)C6=O)C4)cnc(N)c23)ccc1NS(=O)(=O)C(F)F)c1ccc(F)cc1. The van der Waals surface area contributed by atoms with Crippen LogP contribution >= 0.6 is 0 Å². The highest BCUT2D eigenvalue weighted by molar-refractivity contribution is 7.93. The van der Waals surface area contributed by atoms with Crippen LogP contribution in [0.2, 0.25) is 0 Å². The maximum Gasteiger partial charge on any atom is 0.355 e. The molecule has 0 radical (unpaired) electrons. The monoisotopic (exact) mass is 883 g/mol. The van der Waals surface area contributed by atoms with Gasteiger partial charge in [-0.2, -0.15) is 13.9 Å². The predicted octanol–water partition coefficient (Wildman–Crippen LogP) is 3.97. The van der Waals surface area contributed by atoms with E-state index < -0.39 is 63.3 Å². The van der Waals surface area contributed by atoms with E-state index in [1.807, 2.05) is 4.72 Å². The fourth-order valence-electron chi connectivity index (χ4n) is 7.72. The van der Waals surface area contributed by atoms with E-state index in [1.54, 1.807) is 26.1 Å². The van der Waals surface area contributed by atoms with Crippen LogP contribution in [-0.4, -0.2) is 81.5 Å². The number of nitrogen functional groups attached to an aromatic ring is 1. The van der Waals surface area contributed by atoms with Crippen molar-refractivity contribution in [3.8, 4) is 28.8 Å². The van der Waals surface area contributed by atoms with E-state index in [0.717, 1.165) is 4.90 Å². The normalized spacial score (nSPS) is 18.9. The van der Waals surface area contributed by atoms with Crippen LogP contribution in [0.25, 0.3) is 22.2 Å². The number of pyridine rings is 1. The van der Waals surface area contributed by atoms with Gasteiger partial charge in [0.15, 0.2) is 0 Å².